The molecule has 1 aromatic heterocycles. The van der Waals surface area contributed by atoms with E-state index in [9.17, 15) is 0 Å². The van der Waals surface area contributed by atoms with Gasteiger partial charge in [-0.1, -0.05) is 29.3 Å². The van der Waals surface area contributed by atoms with E-state index in [0.29, 0.717) is 16.6 Å². The molecule has 1 unspecified atom stereocenters. The highest BCUT2D eigenvalue weighted by Crippen LogP contribution is 2.22. The number of nitrogens with one attached hydrogen (secondary N) is 1. The van der Waals surface area contributed by atoms with Gasteiger partial charge in [0.25, 0.3) is 0 Å². The molecule has 0 aliphatic rings. The van der Waals surface area contributed by atoms with Crippen LogP contribution in [-0.2, 0) is 6.54 Å². The van der Waals surface area contributed by atoms with E-state index in [2.05, 4.69) is 5.32 Å². The number of halogens is 2. The lowest BCUT2D eigenvalue weighted by molar-refractivity contribution is 0.430. The van der Waals surface area contributed by atoms with Crippen LogP contribution < -0.4 is 5.32 Å². The van der Waals surface area contributed by atoms with Gasteiger partial charge in [0.15, 0.2) is 0 Å². The highest BCUT2D eigenvalue weighted by atomic mass is 35.5. The second-order valence-corrected chi connectivity index (χ2v) is 4.70. The molecule has 2 nitrogen and oxygen atoms in total. The molecule has 0 saturated heterocycles. The van der Waals surface area contributed by atoms with Crippen LogP contribution >= 0.6 is 23.2 Å². The van der Waals surface area contributed by atoms with Crippen LogP contribution in [0.3, 0.4) is 0 Å². The van der Waals surface area contributed by atoms with Crippen molar-refractivity contribution >= 4 is 23.2 Å². The number of benzene rings is 1. The van der Waals surface area contributed by atoms with Gasteiger partial charge in [0.05, 0.1) is 12.3 Å². The highest BCUT2D eigenvalue weighted by Gasteiger charge is 2.08. The zero-order valence-electron chi connectivity index (χ0n) is 9.41. The molecule has 1 N–H and O–H groups in total. The number of hydrogen-bond donors (Lipinski definition) is 1. The summed E-state index contributed by atoms with van der Waals surface area (Å²) in [6.07, 6.45) is 1.67. The zero-order chi connectivity index (χ0) is 12.3. The summed E-state index contributed by atoms with van der Waals surface area (Å²) in [4.78, 5) is 0. The molecular formula is C13H13Cl2NO. The number of rotatable bonds is 4. The minimum absolute atomic E-state index is 0.150. The summed E-state index contributed by atoms with van der Waals surface area (Å²) < 4.78 is 5.32. The number of furan rings is 1. The topological polar surface area (TPSA) is 25.2 Å². The van der Waals surface area contributed by atoms with E-state index in [4.69, 9.17) is 27.6 Å². The molecule has 0 aliphatic carbocycles. The first-order chi connectivity index (χ1) is 8.16. The molecule has 0 amide bonds. The van der Waals surface area contributed by atoms with Gasteiger partial charge in [0.2, 0.25) is 0 Å². The maximum atomic E-state index is 6.09. The monoisotopic (exact) mass is 269 g/mol. The van der Waals surface area contributed by atoms with Crippen LogP contribution in [0.25, 0.3) is 0 Å². The Balaban J connectivity index is 1.98. The fourth-order valence-electron chi connectivity index (χ4n) is 1.57. The molecule has 0 aliphatic heterocycles. The average molecular weight is 270 g/mol. The predicted octanol–water partition coefficient (Wildman–Crippen LogP) is 4.44. The van der Waals surface area contributed by atoms with Gasteiger partial charge in [-0.05, 0) is 36.8 Å². The standard InChI is InChI=1S/C13H13Cl2NO/c1-9(13-3-2-6-17-13)16-8-10-4-5-11(14)7-12(10)15/h2-7,9,16H,8H2,1H3. The Hall–Kier alpha value is -0.960. The molecule has 2 aromatic rings. The molecule has 17 heavy (non-hydrogen) atoms. The molecule has 90 valence electrons. The van der Waals surface area contributed by atoms with E-state index in [1.54, 1.807) is 12.3 Å². The van der Waals surface area contributed by atoms with Gasteiger partial charge in [0.1, 0.15) is 5.76 Å². The van der Waals surface area contributed by atoms with Crippen LogP contribution in [0.1, 0.15) is 24.3 Å². The van der Waals surface area contributed by atoms with Crippen molar-refractivity contribution in [2.75, 3.05) is 0 Å². The van der Waals surface area contributed by atoms with E-state index in [0.717, 1.165) is 11.3 Å². The minimum Gasteiger partial charge on any atom is -0.468 e. The molecule has 1 aromatic carbocycles. The fourth-order valence-corrected chi connectivity index (χ4v) is 2.04. The van der Waals surface area contributed by atoms with Crippen molar-refractivity contribution in [2.45, 2.75) is 19.5 Å². The van der Waals surface area contributed by atoms with Crippen LogP contribution in [0.15, 0.2) is 41.0 Å². The van der Waals surface area contributed by atoms with Crippen LogP contribution in [0.5, 0.6) is 0 Å². The second-order valence-electron chi connectivity index (χ2n) is 3.85. The van der Waals surface area contributed by atoms with Crippen molar-refractivity contribution < 1.29 is 4.42 Å². The van der Waals surface area contributed by atoms with Gasteiger partial charge in [0, 0.05) is 16.6 Å². The quantitative estimate of drug-likeness (QED) is 0.888. The smallest absolute Gasteiger partial charge is 0.120 e. The van der Waals surface area contributed by atoms with Crippen molar-refractivity contribution in [3.8, 4) is 0 Å². The Morgan fingerprint density at radius 2 is 2.12 bits per heavy atom. The van der Waals surface area contributed by atoms with Gasteiger partial charge in [-0.3, -0.25) is 0 Å². The molecule has 0 saturated carbocycles. The van der Waals surface area contributed by atoms with Crippen LogP contribution in [0.2, 0.25) is 10.0 Å². The van der Waals surface area contributed by atoms with Crippen molar-refractivity contribution in [1.29, 1.82) is 0 Å². The Kier molecular flexibility index (Phi) is 4.11. The molecular weight excluding hydrogens is 257 g/mol. The minimum atomic E-state index is 0.150. The van der Waals surface area contributed by atoms with E-state index in [1.807, 2.05) is 31.2 Å². The molecule has 0 radical (unpaired) electrons. The summed E-state index contributed by atoms with van der Waals surface area (Å²) >= 11 is 11.9. The number of hydrogen-bond acceptors (Lipinski definition) is 2. The van der Waals surface area contributed by atoms with Gasteiger partial charge in [-0.2, -0.15) is 0 Å². The molecule has 1 atom stereocenters. The van der Waals surface area contributed by atoms with E-state index >= 15 is 0 Å². The van der Waals surface area contributed by atoms with Crippen molar-refractivity contribution in [3.05, 3.63) is 58.0 Å². The first-order valence-corrected chi connectivity index (χ1v) is 6.13. The van der Waals surface area contributed by atoms with Crippen molar-refractivity contribution in [3.63, 3.8) is 0 Å². The summed E-state index contributed by atoms with van der Waals surface area (Å²) in [5.74, 6) is 0.912. The first kappa shape index (κ1) is 12.5. The SMILES string of the molecule is CC(NCc1ccc(Cl)cc1Cl)c1ccco1. The summed E-state index contributed by atoms with van der Waals surface area (Å²) in [6.45, 7) is 2.72. The Labute approximate surface area is 111 Å². The average Bonchev–Trinajstić information content (AvgIpc) is 2.81. The van der Waals surface area contributed by atoms with Crippen molar-refractivity contribution in [2.24, 2.45) is 0 Å². The molecule has 0 bridgehead atoms. The third kappa shape index (κ3) is 3.25. The highest BCUT2D eigenvalue weighted by molar-refractivity contribution is 6.35. The fraction of sp³-hybridized carbons (Fsp3) is 0.231. The summed E-state index contributed by atoms with van der Waals surface area (Å²) in [5, 5.41) is 4.67. The van der Waals surface area contributed by atoms with Gasteiger partial charge >= 0.3 is 0 Å². The van der Waals surface area contributed by atoms with Gasteiger partial charge < -0.3 is 9.73 Å². The predicted molar refractivity (Wildman–Crippen MR) is 70.4 cm³/mol. The van der Waals surface area contributed by atoms with Crippen LogP contribution in [0, 0.1) is 0 Å². The normalized spacial score (nSPS) is 12.6. The second kappa shape index (κ2) is 5.58. The Morgan fingerprint density at radius 3 is 2.76 bits per heavy atom. The lowest BCUT2D eigenvalue weighted by atomic mass is 10.2. The summed E-state index contributed by atoms with van der Waals surface area (Å²) in [7, 11) is 0. The van der Waals surface area contributed by atoms with Crippen molar-refractivity contribution in [1.82, 2.24) is 5.32 Å². The Morgan fingerprint density at radius 1 is 1.29 bits per heavy atom. The molecule has 2 rings (SSSR count). The third-order valence-corrected chi connectivity index (χ3v) is 3.17. The van der Waals surface area contributed by atoms with Gasteiger partial charge in [-0.25, -0.2) is 0 Å². The molecule has 4 heteroatoms. The van der Waals surface area contributed by atoms with Crippen LogP contribution in [0.4, 0.5) is 0 Å². The first-order valence-electron chi connectivity index (χ1n) is 5.37. The molecule has 0 spiro atoms. The van der Waals surface area contributed by atoms with E-state index in [-0.39, 0.29) is 6.04 Å². The maximum absolute atomic E-state index is 6.09. The van der Waals surface area contributed by atoms with Crippen LogP contribution in [-0.4, -0.2) is 0 Å². The lowest BCUT2D eigenvalue weighted by Crippen LogP contribution is -2.17. The zero-order valence-corrected chi connectivity index (χ0v) is 10.9. The summed E-state index contributed by atoms with van der Waals surface area (Å²) in [5.41, 5.74) is 1.02. The maximum Gasteiger partial charge on any atom is 0.120 e. The third-order valence-electron chi connectivity index (χ3n) is 2.58. The largest absolute Gasteiger partial charge is 0.468 e. The lowest BCUT2D eigenvalue weighted by Gasteiger charge is -2.12. The Bertz CT molecular complexity index is 482. The summed E-state index contributed by atoms with van der Waals surface area (Å²) in [6, 6.07) is 9.48. The van der Waals surface area contributed by atoms with E-state index in [1.165, 1.54) is 0 Å². The van der Waals surface area contributed by atoms with Gasteiger partial charge in [-0.15, -0.1) is 0 Å². The molecule has 0 fully saturated rings. The molecule has 1 heterocycles. The van der Waals surface area contributed by atoms with E-state index < -0.39 is 0 Å².